The zero-order valence-corrected chi connectivity index (χ0v) is 70.3. The summed E-state index contributed by atoms with van der Waals surface area (Å²) in [5.74, 6) is 4.57. The van der Waals surface area contributed by atoms with Gasteiger partial charge in [0, 0.05) is 48.0 Å². The molecule has 123 heavy (non-hydrogen) atoms. The maximum Gasteiger partial charge on any atom is 0.337 e. The van der Waals surface area contributed by atoms with Gasteiger partial charge in [-0.2, -0.15) is 0 Å². The van der Waals surface area contributed by atoms with Gasteiger partial charge in [-0.15, -0.1) is 0 Å². The Bertz CT molecular complexity index is 4860. The molecule has 19 nitrogen and oxygen atoms in total. The number of nitrogens with zero attached hydrogens (tertiary/aromatic N) is 6. The van der Waals surface area contributed by atoms with Crippen molar-refractivity contribution in [3.05, 3.63) is 311 Å². The van der Waals surface area contributed by atoms with Gasteiger partial charge in [0.25, 0.3) is 0 Å². The van der Waals surface area contributed by atoms with Crippen LogP contribution >= 0.6 is 0 Å². The lowest BCUT2D eigenvalue weighted by Gasteiger charge is -2.38. The molecule has 31 rings (SSSR count). The van der Waals surface area contributed by atoms with Gasteiger partial charge in [-0.25, -0.2) is 9.59 Å². The SMILES string of the molecule is O=C1COCCOCCOCC(=O)Oc2ccc(cc2)OCCCc2ccc(nc2)-c2ccc(cn2)CCCOc2ccc(cc2)C2(CCCCC2)c2ccc(cc2)OCCCc2ccc(nc2)-c2ccc(cn2)CCCOc2ccc(cc2)C2(CCCCC2)c2ccc(cc2)OCCCc2ccc(nc2)-c2ccc(cn2)CCCOc2ccc(cc2)O1. The third-order valence-corrected chi connectivity index (χ3v) is 23.3. The molecular weight excluding hydrogens is 1540 g/mol. The van der Waals surface area contributed by atoms with Crippen molar-refractivity contribution in [2.75, 3.05) is 79.3 Å². The van der Waals surface area contributed by atoms with Crippen molar-refractivity contribution in [1.82, 2.24) is 29.9 Å². The van der Waals surface area contributed by atoms with Crippen LogP contribution in [-0.2, 0) is 73.2 Å². The number of carbonyl (C=O) groups excluding carboxylic acids is 2. The first kappa shape index (κ1) is 85.8. The van der Waals surface area contributed by atoms with Crippen LogP contribution in [0.15, 0.2) is 256 Å². The van der Waals surface area contributed by atoms with Gasteiger partial charge in [0.2, 0.25) is 0 Å². The molecule has 6 aromatic heterocycles. The van der Waals surface area contributed by atoms with Gasteiger partial charge >= 0.3 is 11.9 Å². The highest BCUT2D eigenvalue weighted by atomic mass is 16.6. The van der Waals surface area contributed by atoms with E-state index in [2.05, 4.69) is 146 Å². The molecule has 2 spiro atoms. The Morgan fingerprint density at radius 1 is 0.203 bits per heavy atom. The third-order valence-electron chi connectivity index (χ3n) is 23.3. The quantitative estimate of drug-likeness (QED) is 0.102. The summed E-state index contributed by atoms with van der Waals surface area (Å²) in [6, 6.07) is 74.2. The first-order chi connectivity index (χ1) is 60.7. The minimum Gasteiger partial charge on any atom is -0.494 e. The molecule has 19 aliphatic rings. The Morgan fingerprint density at radius 3 is 0.618 bits per heavy atom. The Morgan fingerprint density at radius 2 is 0.407 bits per heavy atom. The Balaban J connectivity index is 0.507. The van der Waals surface area contributed by atoms with Gasteiger partial charge < -0.3 is 52.1 Å². The number of benzene rings is 6. The number of esters is 2. The average molecular weight is 1650 g/mol. The molecule has 2 saturated carbocycles. The molecule has 0 N–H and O–H groups in total. The van der Waals surface area contributed by atoms with Crippen molar-refractivity contribution in [3.63, 3.8) is 0 Å². The van der Waals surface area contributed by atoms with Crippen LogP contribution < -0.4 is 37.9 Å². The van der Waals surface area contributed by atoms with Crippen LogP contribution in [0.4, 0.5) is 0 Å². The standard InChI is InChI=1S/C104H110N6O13/c111-101-75-114-67-65-113-66-68-115-76-102(112)123-94-47-43-92(44-48-94)121-64-12-18-82-24-54-100(110-74-82)98-52-22-80(72-108-98)16-10-62-119-90-39-31-86(32-40-90)104(57-5-2-6-58-104)84-27-35-88(36-28-84)117-60-8-14-78-20-50-96(106-70-78)95-49-19-77(69-105-95)13-7-59-116-87-33-25-83(26-34-87)103(55-3-1-4-56-103)85-29-37-89(38-30-85)118-61-9-15-79-21-51-97(107-71-79)99-53-23-81(73-109-99)17-11-63-120-91-41-45-93(122-101)46-42-91/h19-54,69-74H,1-18,55-68,75-76H2. The molecular formula is C104H110N6O13. The molecule has 19 heteroatoms. The highest BCUT2D eigenvalue weighted by Crippen LogP contribution is 2.48. The minimum absolute atomic E-state index is 0.0452. The molecule has 12 aromatic rings. The normalized spacial score (nSPS) is 17.1. The number of aromatic nitrogens is 6. The monoisotopic (exact) mass is 1650 g/mol. The average Bonchev–Trinajstić information content (AvgIpc) is 0.773. The minimum atomic E-state index is -0.540. The second-order valence-corrected chi connectivity index (χ2v) is 32.0. The van der Waals surface area contributed by atoms with E-state index in [0.717, 1.165) is 182 Å². The molecule has 0 atom stereocenters. The van der Waals surface area contributed by atoms with Gasteiger partial charge in [-0.05, 0) is 292 Å². The van der Waals surface area contributed by atoms with E-state index in [9.17, 15) is 9.59 Å². The Labute approximate surface area is 722 Å². The number of hydrogen-bond acceptors (Lipinski definition) is 19. The van der Waals surface area contributed by atoms with Gasteiger partial charge in [0.05, 0.1) is 100 Å². The fraction of sp³-hybridized carbons (Fsp3) is 0.346. The summed E-state index contributed by atoms with van der Waals surface area (Å²) in [6.45, 7) is 3.75. The van der Waals surface area contributed by atoms with Crippen molar-refractivity contribution >= 4 is 11.9 Å². The predicted molar refractivity (Wildman–Crippen MR) is 475 cm³/mol. The van der Waals surface area contributed by atoms with Gasteiger partial charge in [0.15, 0.2) is 0 Å². The fourth-order valence-electron chi connectivity index (χ4n) is 16.6. The van der Waals surface area contributed by atoms with E-state index in [-0.39, 0.29) is 50.5 Å². The molecule has 0 amide bonds. The lowest BCUT2D eigenvalue weighted by molar-refractivity contribution is -0.140. The summed E-state index contributed by atoms with van der Waals surface area (Å²) < 4.78 is 64.5. The molecule has 2 aliphatic carbocycles. The topological polar surface area (TPSA) is 213 Å². The first-order valence-corrected chi connectivity index (χ1v) is 43.9. The molecule has 6 aromatic carbocycles. The van der Waals surface area contributed by atoms with E-state index in [0.29, 0.717) is 62.6 Å². The van der Waals surface area contributed by atoms with Crippen LogP contribution in [0.5, 0.6) is 46.0 Å². The largest absolute Gasteiger partial charge is 0.494 e. The van der Waals surface area contributed by atoms with Crippen LogP contribution in [0.1, 0.15) is 158 Å². The van der Waals surface area contributed by atoms with E-state index in [1.165, 1.54) is 71.9 Å². The second-order valence-electron chi connectivity index (χ2n) is 32.0. The maximum absolute atomic E-state index is 12.5. The number of hydrogen-bond donors (Lipinski definition) is 0. The maximum atomic E-state index is 12.5. The number of aryl methyl sites for hydroxylation is 6. The van der Waals surface area contributed by atoms with Crippen molar-refractivity contribution in [2.24, 2.45) is 0 Å². The molecule has 0 saturated heterocycles. The van der Waals surface area contributed by atoms with E-state index in [1.807, 2.05) is 61.4 Å². The molecule has 634 valence electrons. The van der Waals surface area contributed by atoms with E-state index >= 15 is 0 Å². The number of pyridine rings is 6. The molecule has 0 unspecified atom stereocenters. The van der Waals surface area contributed by atoms with E-state index in [1.54, 1.807) is 48.5 Å². The zero-order valence-electron chi connectivity index (χ0n) is 70.3. The second kappa shape index (κ2) is 44.6. The summed E-state index contributed by atoms with van der Waals surface area (Å²) in [5.41, 5.74) is 17.2. The fourth-order valence-corrected chi connectivity index (χ4v) is 16.6. The van der Waals surface area contributed by atoms with Crippen molar-refractivity contribution < 1.29 is 61.7 Å². The molecule has 0 radical (unpaired) electrons. The Hall–Kier alpha value is -12.2. The number of ether oxygens (including phenoxy) is 11. The summed E-state index contributed by atoms with van der Waals surface area (Å²) in [4.78, 5) is 53.6. The zero-order chi connectivity index (χ0) is 83.8. The molecule has 2 fully saturated rings. The van der Waals surface area contributed by atoms with Crippen molar-refractivity contribution in [1.29, 1.82) is 0 Å². The lowest BCUT2D eigenvalue weighted by Crippen LogP contribution is -2.30. The summed E-state index contributed by atoms with van der Waals surface area (Å²) in [6.07, 6.45) is 33.5. The van der Waals surface area contributed by atoms with E-state index in [4.69, 9.17) is 82.0 Å². The van der Waals surface area contributed by atoms with Crippen LogP contribution in [0.2, 0.25) is 0 Å². The smallest absolute Gasteiger partial charge is 0.337 e. The van der Waals surface area contributed by atoms with Crippen LogP contribution in [0.25, 0.3) is 34.2 Å². The predicted octanol–water partition coefficient (Wildman–Crippen LogP) is 20.5. The van der Waals surface area contributed by atoms with E-state index < -0.39 is 11.9 Å². The van der Waals surface area contributed by atoms with Crippen LogP contribution in [0.3, 0.4) is 0 Å². The Kier molecular flexibility index (Phi) is 31.1. The van der Waals surface area contributed by atoms with Gasteiger partial charge in [0.1, 0.15) is 59.2 Å². The molecule has 23 heterocycles. The van der Waals surface area contributed by atoms with Crippen molar-refractivity contribution in [3.8, 4) is 80.2 Å². The first-order valence-electron chi connectivity index (χ1n) is 43.9. The highest BCUT2D eigenvalue weighted by molar-refractivity contribution is 5.74. The summed E-state index contributed by atoms with van der Waals surface area (Å²) in [7, 11) is 0. The third kappa shape index (κ3) is 25.0. The lowest BCUT2D eigenvalue weighted by atomic mass is 9.65. The summed E-state index contributed by atoms with van der Waals surface area (Å²) in [5, 5.41) is 0. The van der Waals surface area contributed by atoms with Crippen molar-refractivity contribution in [2.45, 2.75) is 152 Å². The van der Waals surface area contributed by atoms with Crippen LogP contribution in [0, 0.1) is 0 Å². The highest BCUT2D eigenvalue weighted by Gasteiger charge is 2.37. The van der Waals surface area contributed by atoms with Crippen LogP contribution in [-0.4, -0.2) is 121 Å². The molecule has 17 aliphatic heterocycles. The molecule has 24 bridgehead atoms. The number of rotatable bonds is 0. The number of fused-ring (bicyclic) bond motifs is 4. The van der Waals surface area contributed by atoms with Gasteiger partial charge in [-0.1, -0.05) is 123 Å². The number of carbonyl (C=O) groups is 2. The summed E-state index contributed by atoms with van der Waals surface area (Å²) >= 11 is 0. The van der Waals surface area contributed by atoms with Gasteiger partial charge in [-0.3, -0.25) is 29.9 Å².